The second kappa shape index (κ2) is 6.41. The molecule has 0 bridgehead atoms. The van der Waals surface area contributed by atoms with E-state index in [-0.39, 0.29) is 6.10 Å². The van der Waals surface area contributed by atoms with E-state index in [0.29, 0.717) is 5.78 Å². The van der Waals surface area contributed by atoms with Crippen molar-refractivity contribution >= 4 is 11.6 Å². The van der Waals surface area contributed by atoms with Gasteiger partial charge in [-0.1, -0.05) is 13.3 Å². The highest BCUT2D eigenvalue weighted by Crippen LogP contribution is 2.28. The second-order valence-electron chi connectivity index (χ2n) is 6.45. The molecular weight excluding hydrogens is 292 g/mol. The molecule has 124 valence electrons. The SMILES string of the molecule is CCCc1cc(NC[C@@H]2CN(C3CC3)CCO2)n2ncnc2n1. The minimum absolute atomic E-state index is 0.228. The lowest BCUT2D eigenvalue weighted by Gasteiger charge is -2.33. The van der Waals surface area contributed by atoms with Crippen LogP contribution in [0.15, 0.2) is 12.4 Å². The third-order valence-electron chi connectivity index (χ3n) is 4.56. The van der Waals surface area contributed by atoms with Crippen molar-refractivity contribution < 1.29 is 4.74 Å². The van der Waals surface area contributed by atoms with Gasteiger partial charge < -0.3 is 10.1 Å². The van der Waals surface area contributed by atoms with E-state index in [0.717, 1.165) is 56.6 Å². The van der Waals surface area contributed by atoms with Gasteiger partial charge in [0.15, 0.2) is 0 Å². The summed E-state index contributed by atoms with van der Waals surface area (Å²) >= 11 is 0. The molecule has 1 atom stereocenters. The highest BCUT2D eigenvalue weighted by atomic mass is 16.5. The van der Waals surface area contributed by atoms with Gasteiger partial charge in [0.1, 0.15) is 12.1 Å². The fourth-order valence-corrected chi connectivity index (χ4v) is 3.23. The van der Waals surface area contributed by atoms with Crippen molar-refractivity contribution in [2.45, 2.75) is 44.8 Å². The van der Waals surface area contributed by atoms with Gasteiger partial charge in [0.25, 0.3) is 5.78 Å². The van der Waals surface area contributed by atoms with E-state index in [1.165, 1.54) is 12.8 Å². The number of fused-ring (bicyclic) bond motifs is 1. The maximum atomic E-state index is 5.91. The van der Waals surface area contributed by atoms with Gasteiger partial charge in [0.05, 0.1) is 12.7 Å². The van der Waals surface area contributed by atoms with E-state index in [9.17, 15) is 0 Å². The zero-order valence-electron chi connectivity index (χ0n) is 13.6. The summed E-state index contributed by atoms with van der Waals surface area (Å²) in [6, 6.07) is 2.88. The van der Waals surface area contributed by atoms with Gasteiger partial charge in [-0.15, -0.1) is 0 Å². The van der Waals surface area contributed by atoms with E-state index >= 15 is 0 Å². The highest BCUT2D eigenvalue weighted by molar-refractivity contribution is 5.45. The average molecular weight is 316 g/mol. The molecule has 1 saturated carbocycles. The first-order valence-electron chi connectivity index (χ1n) is 8.62. The molecule has 1 N–H and O–H groups in total. The van der Waals surface area contributed by atoms with Crippen LogP contribution in [-0.2, 0) is 11.2 Å². The first-order valence-corrected chi connectivity index (χ1v) is 8.62. The largest absolute Gasteiger partial charge is 0.374 e. The molecule has 0 radical (unpaired) electrons. The number of hydrogen-bond donors (Lipinski definition) is 1. The predicted octanol–water partition coefficient (Wildman–Crippen LogP) is 1.35. The Balaban J connectivity index is 1.45. The zero-order chi connectivity index (χ0) is 15.6. The Labute approximate surface area is 136 Å². The Morgan fingerprint density at radius 3 is 3.13 bits per heavy atom. The van der Waals surface area contributed by atoms with Crippen LogP contribution in [0, 0.1) is 0 Å². The summed E-state index contributed by atoms with van der Waals surface area (Å²) in [5, 5.41) is 7.76. The van der Waals surface area contributed by atoms with Crippen LogP contribution in [0.4, 0.5) is 5.82 Å². The molecule has 7 nitrogen and oxygen atoms in total. The number of aromatic nitrogens is 4. The summed E-state index contributed by atoms with van der Waals surface area (Å²) in [5.74, 6) is 1.60. The summed E-state index contributed by atoms with van der Waals surface area (Å²) in [7, 11) is 0. The number of rotatable bonds is 6. The lowest BCUT2D eigenvalue weighted by molar-refractivity contribution is -0.0241. The van der Waals surface area contributed by atoms with Crippen LogP contribution in [0.5, 0.6) is 0 Å². The van der Waals surface area contributed by atoms with E-state index < -0.39 is 0 Å². The molecule has 4 rings (SSSR count). The molecule has 0 unspecified atom stereocenters. The summed E-state index contributed by atoms with van der Waals surface area (Å²) in [4.78, 5) is 11.3. The smallest absolute Gasteiger partial charge is 0.254 e. The summed E-state index contributed by atoms with van der Waals surface area (Å²) in [6.07, 6.45) is 6.50. The van der Waals surface area contributed by atoms with Gasteiger partial charge in [-0.3, -0.25) is 4.90 Å². The van der Waals surface area contributed by atoms with Crippen LogP contribution in [0.1, 0.15) is 31.9 Å². The predicted molar refractivity (Wildman–Crippen MR) is 87.6 cm³/mol. The van der Waals surface area contributed by atoms with Crippen molar-refractivity contribution in [1.82, 2.24) is 24.5 Å². The number of morpholine rings is 1. The van der Waals surface area contributed by atoms with Crippen LogP contribution in [0.3, 0.4) is 0 Å². The third kappa shape index (κ3) is 3.30. The zero-order valence-corrected chi connectivity index (χ0v) is 13.6. The minimum Gasteiger partial charge on any atom is -0.374 e. The molecule has 0 spiro atoms. The molecule has 0 aromatic carbocycles. The first kappa shape index (κ1) is 14.8. The van der Waals surface area contributed by atoms with Gasteiger partial charge in [-0.05, 0) is 19.3 Å². The van der Waals surface area contributed by atoms with Crippen molar-refractivity contribution in [2.75, 3.05) is 31.6 Å². The summed E-state index contributed by atoms with van der Waals surface area (Å²) < 4.78 is 7.68. The quantitative estimate of drug-likeness (QED) is 0.868. The topological polar surface area (TPSA) is 67.6 Å². The van der Waals surface area contributed by atoms with Crippen LogP contribution in [-0.4, -0.2) is 62.9 Å². The lowest BCUT2D eigenvalue weighted by Crippen LogP contribution is -2.46. The van der Waals surface area contributed by atoms with E-state index in [1.54, 1.807) is 10.8 Å². The molecule has 2 aliphatic rings. The maximum absolute atomic E-state index is 5.91. The second-order valence-corrected chi connectivity index (χ2v) is 6.45. The van der Waals surface area contributed by atoms with Gasteiger partial charge in [-0.25, -0.2) is 4.98 Å². The van der Waals surface area contributed by atoms with Crippen molar-refractivity contribution in [3.63, 3.8) is 0 Å². The molecule has 1 aliphatic heterocycles. The monoisotopic (exact) mass is 316 g/mol. The number of nitrogens with one attached hydrogen (secondary N) is 1. The van der Waals surface area contributed by atoms with Crippen molar-refractivity contribution in [1.29, 1.82) is 0 Å². The van der Waals surface area contributed by atoms with Crippen molar-refractivity contribution in [3.8, 4) is 0 Å². The fraction of sp³-hybridized carbons (Fsp3) is 0.688. The minimum atomic E-state index is 0.228. The average Bonchev–Trinajstić information content (AvgIpc) is 3.31. The Bertz CT molecular complexity index is 668. The van der Waals surface area contributed by atoms with Gasteiger partial charge in [0, 0.05) is 37.4 Å². The Morgan fingerprint density at radius 2 is 2.30 bits per heavy atom. The molecule has 2 fully saturated rings. The van der Waals surface area contributed by atoms with Crippen molar-refractivity contribution in [2.24, 2.45) is 0 Å². The van der Waals surface area contributed by atoms with Gasteiger partial charge in [0.2, 0.25) is 0 Å². The third-order valence-corrected chi connectivity index (χ3v) is 4.56. The molecular formula is C16H24N6O. The molecule has 2 aromatic heterocycles. The number of ether oxygens (including phenoxy) is 1. The van der Waals surface area contributed by atoms with E-state index in [2.05, 4.69) is 38.3 Å². The normalized spacial score (nSPS) is 22.6. The molecule has 1 saturated heterocycles. The first-order chi connectivity index (χ1) is 11.3. The molecule has 0 amide bonds. The van der Waals surface area contributed by atoms with Crippen LogP contribution in [0.2, 0.25) is 0 Å². The fourth-order valence-electron chi connectivity index (χ4n) is 3.23. The Kier molecular flexibility index (Phi) is 4.13. The number of hydrogen-bond acceptors (Lipinski definition) is 6. The van der Waals surface area contributed by atoms with Crippen LogP contribution < -0.4 is 5.32 Å². The molecule has 2 aromatic rings. The van der Waals surface area contributed by atoms with Gasteiger partial charge >= 0.3 is 0 Å². The molecule has 23 heavy (non-hydrogen) atoms. The number of anilines is 1. The molecule has 1 aliphatic carbocycles. The summed E-state index contributed by atoms with van der Waals surface area (Å²) in [6.45, 7) is 5.87. The van der Waals surface area contributed by atoms with Gasteiger partial charge in [-0.2, -0.15) is 14.6 Å². The maximum Gasteiger partial charge on any atom is 0.254 e. The van der Waals surface area contributed by atoms with Crippen molar-refractivity contribution in [3.05, 3.63) is 18.1 Å². The lowest BCUT2D eigenvalue weighted by atomic mass is 10.2. The Morgan fingerprint density at radius 1 is 1.39 bits per heavy atom. The van der Waals surface area contributed by atoms with Crippen LogP contribution >= 0.6 is 0 Å². The highest BCUT2D eigenvalue weighted by Gasteiger charge is 2.32. The number of aryl methyl sites for hydroxylation is 1. The Hall–Kier alpha value is -1.73. The van der Waals surface area contributed by atoms with Crippen LogP contribution in [0.25, 0.3) is 5.78 Å². The van der Waals surface area contributed by atoms with E-state index in [1.807, 2.05) is 0 Å². The van der Waals surface area contributed by atoms with E-state index in [4.69, 9.17) is 4.74 Å². The number of nitrogens with zero attached hydrogens (tertiary/aromatic N) is 5. The summed E-state index contributed by atoms with van der Waals surface area (Å²) in [5.41, 5.74) is 1.06. The standard InChI is InChI=1S/C16H24N6O/c1-2-3-12-8-15(22-16(20-12)18-11-19-22)17-9-14-10-21(6-7-23-14)13-4-5-13/h8,11,13-14,17H,2-7,9-10H2,1H3/t14-/m1/s1. The molecule has 3 heterocycles. The molecule has 7 heteroatoms.